The van der Waals surface area contributed by atoms with Crippen LogP contribution in [0.4, 0.5) is 5.69 Å². The van der Waals surface area contributed by atoms with Gasteiger partial charge in [0.15, 0.2) is 6.10 Å². The highest BCUT2D eigenvalue weighted by Crippen LogP contribution is 2.36. The summed E-state index contributed by atoms with van der Waals surface area (Å²) in [7, 11) is 3.05. The van der Waals surface area contributed by atoms with Gasteiger partial charge in [0.2, 0.25) is 11.7 Å². The lowest BCUT2D eigenvalue weighted by molar-refractivity contribution is -0.151. The molecule has 1 amide bonds. The van der Waals surface area contributed by atoms with E-state index in [4.69, 9.17) is 14.2 Å². The van der Waals surface area contributed by atoms with Gasteiger partial charge in [0.05, 0.1) is 25.8 Å². The Morgan fingerprint density at radius 3 is 2.47 bits per heavy atom. The van der Waals surface area contributed by atoms with Gasteiger partial charge < -0.3 is 19.1 Å². The third-order valence-corrected chi connectivity index (χ3v) is 5.12. The van der Waals surface area contributed by atoms with Crippen LogP contribution in [0.2, 0.25) is 0 Å². The van der Waals surface area contributed by atoms with Gasteiger partial charge in [-0.05, 0) is 18.6 Å². The molecule has 0 radical (unpaired) electrons. The van der Waals surface area contributed by atoms with Gasteiger partial charge in [-0.2, -0.15) is 0 Å². The van der Waals surface area contributed by atoms with Crippen LogP contribution in [0.5, 0.6) is 11.5 Å². The molecule has 158 valence electrons. The van der Waals surface area contributed by atoms with Crippen molar-refractivity contribution in [3.63, 3.8) is 0 Å². The first-order chi connectivity index (χ1) is 14.5. The number of Topliss-reactive ketones (excluding diaryl/α,β-unsaturated/α-hetero) is 1. The molecular formula is C23H25NO6. The van der Waals surface area contributed by atoms with Crippen molar-refractivity contribution in [2.75, 3.05) is 25.7 Å². The number of carbonyl (C=O) groups excluding carboxylic acids is 3. The maximum atomic E-state index is 12.7. The number of hydrogen-bond acceptors (Lipinski definition) is 6. The number of esters is 1. The van der Waals surface area contributed by atoms with Gasteiger partial charge in [0.1, 0.15) is 11.5 Å². The predicted octanol–water partition coefficient (Wildman–Crippen LogP) is 3.26. The van der Waals surface area contributed by atoms with Crippen molar-refractivity contribution >= 4 is 23.3 Å². The number of amides is 1. The molecule has 1 fully saturated rings. The first-order valence-corrected chi connectivity index (χ1v) is 9.80. The Morgan fingerprint density at radius 1 is 1.10 bits per heavy atom. The van der Waals surface area contributed by atoms with Gasteiger partial charge in [-0.3, -0.25) is 14.4 Å². The van der Waals surface area contributed by atoms with E-state index in [0.29, 0.717) is 29.2 Å². The Bertz CT molecular complexity index is 927. The number of carbonyl (C=O) groups is 3. The lowest BCUT2D eigenvalue weighted by Crippen LogP contribution is -2.31. The molecule has 0 spiro atoms. The quantitative estimate of drug-likeness (QED) is 0.490. The molecule has 0 bridgehead atoms. The monoisotopic (exact) mass is 411 g/mol. The zero-order valence-corrected chi connectivity index (χ0v) is 17.3. The molecule has 0 N–H and O–H groups in total. The molecule has 0 aromatic heterocycles. The van der Waals surface area contributed by atoms with Crippen LogP contribution in [0.25, 0.3) is 0 Å². The second kappa shape index (κ2) is 9.43. The van der Waals surface area contributed by atoms with E-state index in [9.17, 15) is 14.4 Å². The molecule has 3 rings (SSSR count). The highest BCUT2D eigenvalue weighted by Gasteiger charge is 2.38. The van der Waals surface area contributed by atoms with Gasteiger partial charge in [-0.15, -0.1) is 0 Å². The maximum absolute atomic E-state index is 12.7. The summed E-state index contributed by atoms with van der Waals surface area (Å²) in [5.41, 5.74) is 1.05. The number of ether oxygens (including phenoxy) is 3. The number of rotatable bonds is 8. The van der Waals surface area contributed by atoms with Crippen LogP contribution in [0.1, 0.15) is 30.1 Å². The second-order valence-electron chi connectivity index (χ2n) is 7.01. The summed E-state index contributed by atoms with van der Waals surface area (Å²) in [4.78, 5) is 39.5. The average Bonchev–Trinajstić information content (AvgIpc) is 3.18. The Kier molecular flexibility index (Phi) is 6.72. The zero-order chi connectivity index (χ0) is 21.7. The third-order valence-electron chi connectivity index (χ3n) is 5.12. The normalized spacial score (nSPS) is 16.8. The highest BCUT2D eigenvalue weighted by atomic mass is 16.5. The standard InChI is InChI=1S/C23H25NO6/c1-4-19(22(26)15-8-6-5-7-9-15)30-23(27)16-12-21(25)24(14-16)18-11-10-17(28-2)13-20(18)29-3/h5-11,13,16,19H,4,12,14H2,1-3H3/t16-,19+/m0/s1. The molecule has 2 aromatic rings. The molecule has 2 aromatic carbocycles. The average molecular weight is 411 g/mol. The number of anilines is 1. The number of methoxy groups -OCH3 is 2. The SMILES string of the molecule is CC[C@@H](OC(=O)[C@H]1CC(=O)N(c2ccc(OC)cc2OC)C1)C(=O)c1ccccc1. The molecule has 0 saturated carbocycles. The van der Waals surface area contributed by atoms with Crippen molar-refractivity contribution in [1.29, 1.82) is 0 Å². The minimum atomic E-state index is -0.875. The van der Waals surface area contributed by atoms with E-state index >= 15 is 0 Å². The second-order valence-corrected chi connectivity index (χ2v) is 7.01. The number of nitrogens with zero attached hydrogens (tertiary/aromatic N) is 1. The molecular weight excluding hydrogens is 386 g/mol. The molecule has 1 heterocycles. The molecule has 0 unspecified atom stereocenters. The summed E-state index contributed by atoms with van der Waals surface area (Å²) in [6.45, 7) is 1.95. The Labute approximate surface area is 175 Å². The number of hydrogen-bond donors (Lipinski definition) is 0. The molecule has 30 heavy (non-hydrogen) atoms. The van der Waals surface area contributed by atoms with Crippen molar-refractivity contribution in [3.8, 4) is 11.5 Å². The smallest absolute Gasteiger partial charge is 0.312 e. The Morgan fingerprint density at radius 2 is 1.83 bits per heavy atom. The summed E-state index contributed by atoms with van der Waals surface area (Å²) in [6.07, 6.45) is -0.500. The molecule has 1 aliphatic heterocycles. The van der Waals surface area contributed by atoms with Crippen LogP contribution < -0.4 is 14.4 Å². The Balaban J connectivity index is 1.71. The van der Waals surface area contributed by atoms with E-state index in [1.165, 1.54) is 12.0 Å². The van der Waals surface area contributed by atoms with E-state index < -0.39 is 18.0 Å². The van der Waals surface area contributed by atoms with Crippen LogP contribution in [0.3, 0.4) is 0 Å². The largest absolute Gasteiger partial charge is 0.497 e. The minimum Gasteiger partial charge on any atom is -0.497 e. The van der Waals surface area contributed by atoms with Gasteiger partial charge >= 0.3 is 5.97 Å². The summed E-state index contributed by atoms with van der Waals surface area (Å²) in [6, 6.07) is 13.8. The van der Waals surface area contributed by atoms with E-state index in [1.807, 2.05) is 6.07 Å². The summed E-state index contributed by atoms with van der Waals surface area (Å²) >= 11 is 0. The van der Waals surface area contributed by atoms with E-state index in [2.05, 4.69) is 0 Å². The van der Waals surface area contributed by atoms with Crippen molar-refractivity contribution < 1.29 is 28.6 Å². The van der Waals surface area contributed by atoms with Crippen molar-refractivity contribution in [1.82, 2.24) is 0 Å². The van der Waals surface area contributed by atoms with E-state index in [0.717, 1.165) is 0 Å². The van der Waals surface area contributed by atoms with E-state index in [1.54, 1.807) is 56.5 Å². The molecule has 1 saturated heterocycles. The van der Waals surface area contributed by atoms with Crippen molar-refractivity contribution in [2.24, 2.45) is 5.92 Å². The first kappa shape index (κ1) is 21.4. The molecule has 7 heteroatoms. The van der Waals surface area contributed by atoms with Crippen LogP contribution in [-0.2, 0) is 14.3 Å². The van der Waals surface area contributed by atoms with Crippen LogP contribution >= 0.6 is 0 Å². The fraction of sp³-hybridized carbons (Fsp3) is 0.348. The fourth-order valence-corrected chi connectivity index (χ4v) is 3.45. The summed E-state index contributed by atoms with van der Waals surface area (Å²) in [5.74, 6) is -0.575. The topological polar surface area (TPSA) is 82.1 Å². The van der Waals surface area contributed by atoms with Gasteiger partial charge in [-0.1, -0.05) is 37.3 Å². The molecule has 1 aliphatic rings. The lowest BCUT2D eigenvalue weighted by Gasteiger charge is -2.21. The minimum absolute atomic E-state index is 0.0178. The summed E-state index contributed by atoms with van der Waals surface area (Å²) in [5, 5.41) is 0. The van der Waals surface area contributed by atoms with Crippen LogP contribution in [0.15, 0.2) is 48.5 Å². The van der Waals surface area contributed by atoms with Crippen LogP contribution in [0, 0.1) is 5.92 Å². The van der Waals surface area contributed by atoms with Crippen LogP contribution in [-0.4, -0.2) is 44.5 Å². The first-order valence-electron chi connectivity index (χ1n) is 9.80. The lowest BCUT2D eigenvalue weighted by atomic mass is 10.0. The van der Waals surface area contributed by atoms with Gasteiger partial charge in [0, 0.05) is 24.6 Å². The van der Waals surface area contributed by atoms with E-state index in [-0.39, 0.29) is 24.7 Å². The maximum Gasteiger partial charge on any atom is 0.312 e. The summed E-state index contributed by atoms with van der Waals surface area (Å²) < 4.78 is 16.1. The highest BCUT2D eigenvalue weighted by molar-refractivity contribution is 6.02. The number of benzene rings is 2. The third kappa shape index (κ3) is 4.45. The zero-order valence-electron chi connectivity index (χ0n) is 17.3. The number of ketones is 1. The molecule has 2 atom stereocenters. The Hall–Kier alpha value is -3.35. The molecule has 7 nitrogen and oxygen atoms in total. The molecule has 0 aliphatic carbocycles. The fourth-order valence-electron chi connectivity index (χ4n) is 3.45. The van der Waals surface area contributed by atoms with Gasteiger partial charge in [-0.25, -0.2) is 0 Å². The van der Waals surface area contributed by atoms with Crippen molar-refractivity contribution in [2.45, 2.75) is 25.9 Å². The van der Waals surface area contributed by atoms with Gasteiger partial charge in [0.25, 0.3) is 0 Å². The van der Waals surface area contributed by atoms with Crippen molar-refractivity contribution in [3.05, 3.63) is 54.1 Å². The predicted molar refractivity (Wildman–Crippen MR) is 111 cm³/mol.